The Morgan fingerprint density at radius 1 is 1.35 bits per heavy atom. The van der Waals surface area contributed by atoms with Gasteiger partial charge in [0.1, 0.15) is 0 Å². The van der Waals surface area contributed by atoms with E-state index in [1.54, 1.807) is 23.9 Å². The molecule has 0 spiro atoms. The number of aliphatic hydroxyl groups is 1. The lowest BCUT2D eigenvalue weighted by Gasteiger charge is -2.15. The molecule has 17 heavy (non-hydrogen) atoms. The van der Waals surface area contributed by atoms with Gasteiger partial charge in [-0.15, -0.1) is 11.8 Å². The predicted molar refractivity (Wildman–Crippen MR) is 71.4 cm³/mol. The Balaban J connectivity index is 2.52. The molecular formula is C13H19NO2S. The zero-order chi connectivity index (χ0) is 12.8. The molecule has 0 aliphatic carbocycles. The fourth-order valence-corrected chi connectivity index (χ4v) is 1.69. The lowest BCUT2D eigenvalue weighted by atomic mass is 10.1. The van der Waals surface area contributed by atoms with Crippen LogP contribution in [0.2, 0.25) is 0 Å². The van der Waals surface area contributed by atoms with E-state index in [0.717, 1.165) is 4.90 Å². The van der Waals surface area contributed by atoms with Gasteiger partial charge in [0.05, 0.1) is 6.10 Å². The summed E-state index contributed by atoms with van der Waals surface area (Å²) in [5.74, 6) is 0.00604. The second kappa shape index (κ2) is 6.67. The average Bonchev–Trinajstić information content (AvgIpc) is 2.35. The van der Waals surface area contributed by atoms with Crippen LogP contribution in [0.3, 0.4) is 0 Å². The number of carbonyl (C=O) groups is 1. The summed E-state index contributed by atoms with van der Waals surface area (Å²) < 4.78 is 0. The number of carbonyl (C=O) groups excluding carboxylic acids is 1. The minimum absolute atomic E-state index is 0.141. The van der Waals surface area contributed by atoms with Gasteiger partial charge in [0, 0.05) is 17.0 Å². The zero-order valence-corrected chi connectivity index (χ0v) is 11.3. The maximum Gasteiger partial charge on any atom is 0.251 e. The summed E-state index contributed by atoms with van der Waals surface area (Å²) in [6.07, 6.45) is 1.50. The van der Waals surface area contributed by atoms with Gasteiger partial charge < -0.3 is 10.4 Å². The normalized spacial score (nSPS) is 12.5. The fraction of sp³-hybridized carbons (Fsp3) is 0.462. The van der Waals surface area contributed by atoms with Crippen molar-refractivity contribution in [1.82, 2.24) is 5.32 Å². The lowest BCUT2D eigenvalue weighted by molar-refractivity contribution is 0.0871. The van der Waals surface area contributed by atoms with E-state index in [4.69, 9.17) is 0 Å². The summed E-state index contributed by atoms with van der Waals surface area (Å²) in [6, 6.07) is 7.42. The zero-order valence-electron chi connectivity index (χ0n) is 10.4. The number of nitrogens with one attached hydrogen (secondary N) is 1. The van der Waals surface area contributed by atoms with Crippen molar-refractivity contribution in [3.05, 3.63) is 29.8 Å². The molecule has 0 aromatic heterocycles. The summed E-state index contributed by atoms with van der Waals surface area (Å²) in [5.41, 5.74) is 0.624. The molecule has 2 N–H and O–H groups in total. The van der Waals surface area contributed by atoms with Gasteiger partial charge in [0.25, 0.3) is 5.91 Å². The molecule has 1 unspecified atom stereocenters. The van der Waals surface area contributed by atoms with Crippen LogP contribution in [0, 0.1) is 5.92 Å². The van der Waals surface area contributed by atoms with Crippen molar-refractivity contribution < 1.29 is 9.90 Å². The predicted octanol–water partition coefficient (Wildman–Crippen LogP) is 2.16. The monoisotopic (exact) mass is 253 g/mol. The largest absolute Gasteiger partial charge is 0.391 e. The summed E-state index contributed by atoms with van der Waals surface area (Å²) in [4.78, 5) is 12.9. The molecule has 1 atom stereocenters. The summed E-state index contributed by atoms with van der Waals surface area (Å²) in [7, 11) is 0. The van der Waals surface area contributed by atoms with Gasteiger partial charge in [0.2, 0.25) is 0 Å². The van der Waals surface area contributed by atoms with Crippen LogP contribution in [0.1, 0.15) is 24.2 Å². The molecule has 0 aliphatic rings. The van der Waals surface area contributed by atoms with Gasteiger partial charge in [-0.2, -0.15) is 0 Å². The average molecular weight is 253 g/mol. The Morgan fingerprint density at radius 3 is 2.41 bits per heavy atom. The second-order valence-corrected chi connectivity index (χ2v) is 5.13. The molecule has 0 fully saturated rings. The molecule has 1 aromatic rings. The van der Waals surface area contributed by atoms with E-state index in [-0.39, 0.29) is 11.8 Å². The van der Waals surface area contributed by atoms with Gasteiger partial charge in [-0.25, -0.2) is 0 Å². The van der Waals surface area contributed by atoms with Crippen LogP contribution in [-0.4, -0.2) is 29.9 Å². The first-order valence-electron chi connectivity index (χ1n) is 5.65. The molecule has 0 heterocycles. The van der Waals surface area contributed by atoms with Crippen LogP contribution >= 0.6 is 11.8 Å². The molecular weight excluding hydrogens is 234 g/mol. The number of rotatable bonds is 5. The Bertz CT molecular complexity index is 362. The van der Waals surface area contributed by atoms with E-state index < -0.39 is 6.10 Å². The van der Waals surface area contributed by atoms with Crippen LogP contribution in [-0.2, 0) is 0 Å². The van der Waals surface area contributed by atoms with Crippen molar-refractivity contribution in [1.29, 1.82) is 0 Å². The minimum Gasteiger partial charge on any atom is -0.391 e. The third-order valence-electron chi connectivity index (χ3n) is 2.59. The quantitative estimate of drug-likeness (QED) is 0.791. The van der Waals surface area contributed by atoms with Crippen molar-refractivity contribution in [2.45, 2.75) is 24.8 Å². The van der Waals surface area contributed by atoms with Crippen LogP contribution in [0.4, 0.5) is 0 Å². The number of hydrogen-bond donors (Lipinski definition) is 2. The molecule has 0 aliphatic heterocycles. The molecule has 4 heteroatoms. The van der Waals surface area contributed by atoms with Crippen molar-refractivity contribution in [3.63, 3.8) is 0 Å². The van der Waals surface area contributed by atoms with Crippen LogP contribution < -0.4 is 5.32 Å². The van der Waals surface area contributed by atoms with Gasteiger partial charge >= 0.3 is 0 Å². The lowest BCUT2D eigenvalue weighted by Crippen LogP contribution is -2.34. The number of hydrogen-bond acceptors (Lipinski definition) is 3. The fourth-order valence-electron chi connectivity index (χ4n) is 1.28. The first-order chi connectivity index (χ1) is 8.04. The van der Waals surface area contributed by atoms with Crippen molar-refractivity contribution >= 4 is 17.7 Å². The van der Waals surface area contributed by atoms with E-state index in [2.05, 4.69) is 5.32 Å². The molecule has 0 bridgehead atoms. The Labute approximate surface area is 107 Å². The molecule has 0 saturated heterocycles. The third-order valence-corrected chi connectivity index (χ3v) is 3.34. The minimum atomic E-state index is -0.496. The van der Waals surface area contributed by atoms with Crippen molar-refractivity contribution in [2.75, 3.05) is 12.8 Å². The van der Waals surface area contributed by atoms with E-state index in [1.165, 1.54) is 0 Å². The Morgan fingerprint density at radius 2 is 1.94 bits per heavy atom. The highest BCUT2D eigenvalue weighted by Crippen LogP contribution is 2.14. The van der Waals surface area contributed by atoms with Crippen LogP contribution in [0.5, 0.6) is 0 Å². The molecule has 1 rings (SSSR count). The molecule has 0 saturated carbocycles. The van der Waals surface area contributed by atoms with Crippen LogP contribution in [0.15, 0.2) is 29.2 Å². The second-order valence-electron chi connectivity index (χ2n) is 4.25. The van der Waals surface area contributed by atoms with Crippen molar-refractivity contribution in [3.8, 4) is 0 Å². The van der Waals surface area contributed by atoms with Gasteiger partial charge in [0.15, 0.2) is 0 Å². The van der Waals surface area contributed by atoms with Gasteiger partial charge in [-0.3, -0.25) is 4.79 Å². The third kappa shape index (κ3) is 4.40. The van der Waals surface area contributed by atoms with E-state index in [1.807, 2.05) is 32.2 Å². The number of thioether (sulfide) groups is 1. The molecule has 1 amide bonds. The van der Waals surface area contributed by atoms with E-state index in [0.29, 0.717) is 12.1 Å². The Kier molecular flexibility index (Phi) is 5.51. The van der Waals surface area contributed by atoms with E-state index >= 15 is 0 Å². The van der Waals surface area contributed by atoms with E-state index in [9.17, 15) is 9.90 Å². The maximum atomic E-state index is 11.7. The molecule has 1 aromatic carbocycles. The van der Waals surface area contributed by atoms with Crippen LogP contribution in [0.25, 0.3) is 0 Å². The summed E-state index contributed by atoms with van der Waals surface area (Å²) >= 11 is 1.64. The maximum absolute atomic E-state index is 11.7. The summed E-state index contributed by atoms with van der Waals surface area (Å²) in [5, 5.41) is 12.3. The first kappa shape index (κ1) is 14.1. The Hall–Kier alpha value is -1.00. The smallest absolute Gasteiger partial charge is 0.251 e. The number of aliphatic hydroxyl groups excluding tert-OH is 1. The molecule has 94 valence electrons. The molecule has 3 nitrogen and oxygen atoms in total. The first-order valence-corrected chi connectivity index (χ1v) is 6.87. The standard InChI is InChI=1S/C13H19NO2S/c1-9(2)12(15)8-14-13(16)10-4-6-11(17-3)7-5-10/h4-7,9,12,15H,8H2,1-3H3,(H,14,16). The molecule has 0 radical (unpaired) electrons. The van der Waals surface area contributed by atoms with Gasteiger partial charge in [-0.05, 0) is 36.4 Å². The number of benzene rings is 1. The highest BCUT2D eigenvalue weighted by molar-refractivity contribution is 7.98. The summed E-state index contributed by atoms with van der Waals surface area (Å²) in [6.45, 7) is 4.13. The highest BCUT2D eigenvalue weighted by Gasteiger charge is 2.11. The topological polar surface area (TPSA) is 49.3 Å². The van der Waals surface area contributed by atoms with Crippen molar-refractivity contribution in [2.24, 2.45) is 5.92 Å². The van der Waals surface area contributed by atoms with Gasteiger partial charge in [-0.1, -0.05) is 13.8 Å². The SMILES string of the molecule is CSc1ccc(C(=O)NCC(O)C(C)C)cc1. The highest BCUT2D eigenvalue weighted by atomic mass is 32.2. The number of amides is 1.